The third kappa shape index (κ3) is 4.40. The van der Waals surface area contributed by atoms with Gasteiger partial charge in [0.1, 0.15) is 18.1 Å². The smallest absolute Gasteiger partial charge is 0.270 e. The molecule has 0 spiro atoms. The Morgan fingerprint density at radius 1 is 0.929 bits per heavy atom. The minimum Gasteiger partial charge on any atom is -0.493 e. The number of hydrogen-bond donors (Lipinski definition) is 0. The predicted molar refractivity (Wildman–Crippen MR) is 106 cm³/mol. The van der Waals surface area contributed by atoms with Crippen molar-refractivity contribution in [3.63, 3.8) is 0 Å². The fraction of sp³-hybridized carbons (Fsp3) is 0.182. The number of non-ortho nitro benzene ring substituents is 1. The van der Waals surface area contributed by atoms with E-state index in [1.165, 1.54) is 12.1 Å². The quantitative estimate of drug-likeness (QED) is 0.395. The highest BCUT2D eigenvalue weighted by molar-refractivity contribution is 5.52. The second kappa shape index (κ2) is 8.43. The van der Waals surface area contributed by atoms with E-state index in [0.29, 0.717) is 40.7 Å². The Kier molecular flexibility index (Phi) is 5.79. The fourth-order valence-electron chi connectivity index (χ4n) is 2.88. The van der Waals surface area contributed by atoms with Crippen LogP contribution in [0.25, 0.3) is 0 Å². The molecule has 6 nitrogen and oxygen atoms in total. The Hall–Kier alpha value is -3.54. The highest BCUT2D eigenvalue weighted by Crippen LogP contribution is 2.37. The molecule has 0 saturated heterocycles. The van der Waals surface area contributed by atoms with E-state index >= 15 is 0 Å². The molecule has 0 aliphatic rings. The third-order valence-electron chi connectivity index (χ3n) is 4.25. The lowest BCUT2D eigenvalue weighted by atomic mass is 10.1. The highest BCUT2D eigenvalue weighted by atomic mass is 16.6. The van der Waals surface area contributed by atoms with Crippen LogP contribution in [0.2, 0.25) is 0 Å². The SMILES string of the molecule is COc1ccc(Oc2c(C)cc([N+](=O)[O-])cc2C)cc1OCc1ccccc1. The molecule has 0 aliphatic carbocycles. The number of nitrogens with zero attached hydrogens (tertiary/aromatic N) is 1. The molecule has 0 fully saturated rings. The van der Waals surface area contributed by atoms with Gasteiger partial charge in [-0.25, -0.2) is 0 Å². The first kappa shape index (κ1) is 19.2. The summed E-state index contributed by atoms with van der Waals surface area (Å²) in [6.07, 6.45) is 0. The molecule has 3 rings (SSSR count). The van der Waals surface area contributed by atoms with E-state index in [2.05, 4.69) is 0 Å². The normalized spacial score (nSPS) is 10.4. The number of ether oxygens (including phenoxy) is 3. The molecule has 0 aromatic heterocycles. The lowest BCUT2D eigenvalue weighted by Gasteiger charge is -2.15. The van der Waals surface area contributed by atoms with E-state index < -0.39 is 4.92 Å². The van der Waals surface area contributed by atoms with Crippen LogP contribution in [0.15, 0.2) is 60.7 Å². The van der Waals surface area contributed by atoms with Crippen molar-refractivity contribution in [2.75, 3.05) is 7.11 Å². The molecule has 0 saturated carbocycles. The Bertz CT molecular complexity index is 962. The third-order valence-corrected chi connectivity index (χ3v) is 4.25. The Morgan fingerprint density at radius 2 is 1.61 bits per heavy atom. The molecule has 0 N–H and O–H groups in total. The van der Waals surface area contributed by atoms with Crippen molar-refractivity contribution >= 4 is 5.69 Å². The molecule has 0 bridgehead atoms. The number of nitro groups is 1. The van der Waals surface area contributed by atoms with Gasteiger partial charge in [0, 0.05) is 18.2 Å². The number of methoxy groups -OCH3 is 1. The zero-order valence-corrected chi connectivity index (χ0v) is 16.0. The number of rotatable bonds is 7. The molecule has 0 aliphatic heterocycles. The van der Waals surface area contributed by atoms with Crippen molar-refractivity contribution in [3.8, 4) is 23.0 Å². The molecule has 28 heavy (non-hydrogen) atoms. The van der Waals surface area contributed by atoms with E-state index in [9.17, 15) is 10.1 Å². The molecule has 6 heteroatoms. The van der Waals surface area contributed by atoms with E-state index in [1.54, 1.807) is 39.2 Å². The molecule has 0 amide bonds. The first-order chi connectivity index (χ1) is 13.5. The fourth-order valence-corrected chi connectivity index (χ4v) is 2.88. The van der Waals surface area contributed by atoms with E-state index in [1.807, 2.05) is 30.3 Å². The van der Waals surface area contributed by atoms with Gasteiger partial charge in [-0.1, -0.05) is 30.3 Å². The maximum Gasteiger partial charge on any atom is 0.270 e. The maximum atomic E-state index is 11.0. The van der Waals surface area contributed by atoms with Gasteiger partial charge in [-0.3, -0.25) is 10.1 Å². The van der Waals surface area contributed by atoms with Crippen LogP contribution in [0.4, 0.5) is 5.69 Å². The summed E-state index contributed by atoms with van der Waals surface area (Å²) in [6.45, 7) is 3.97. The number of aryl methyl sites for hydroxylation is 2. The van der Waals surface area contributed by atoms with Crippen LogP contribution in [0.3, 0.4) is 0 Å². The van der Waals surface area contributed by atoms with Crippen LogP contribution in [0.5, 0.6) is 23.0 Å². The molecule has 0 radical (unpaired) electrons. The van der Waals surface area contributed by atoms with Crippen molar-refractivity contribution in [2.45, 2.75) is 20.5 Å². The molecule has 0 unspecified atom stereocenters. The average Bonchev–Trinajstić information content (AvgIpc) is 2.69. The Balaban J connectivity index is 1.84. The van der Waals surface area contributed by atoms with E-state index in [0.717, 1.165) is 5.56 Å². The lowest BCUT2D eigenvalue weighted by molar-refractivity contribution is -0.385. The molecule has 3 aromatic rings. The van der Waals surface area contributed by atoms with Crippen LogP contribution in [0.1, 0.15) is 16.7 Å². The van der Waals surface area contributed by atoms with Gasteiger partial charge in [0.15, 0.2) is 11.5 Å². The van der Waals surface area contributed by atoms with Gasteiger partial charge in [0.05, 0.1) is 12.0 Å². The van der Waals surface area contributed by atoms with Gasteiger partial charge in [-0.05, 0) is 42.7 Å². The minimum absolute atomic E-state index is 0.0453. The number of hydrogen-bond acceptors (Lipinski definition) is 5. The van der Waals surface area contributed by atoms with Crippen molar-refractivity contribution < 1.29 is 19.1 Å². The van der Waals surface area contributed by atoms with Crippen molar-refractivity contribution in [3.05, 3.63) is 87.5 Å². The van der Waals surface area contributed by atoms with E-state index in [4.69, 9.17) is 14.2 Å². The standard InChI is InChI=1S/C22H21NO5/c1-15-11-18(23(24)25)12-16(2)22(15)28-19-9-10-20(26-3)21(13-19)27-14-17-7-5-4-6-8-17/h4-13H,14H2,1-3H3. The van der Waals surface area contributed by atoms with Crippen LogP contribution in [-0.2, 0) is 6.61 Å². The minimum atomic E-state index is -0.410. The highest BCUT2D eigenvalue weighted by Gasteiger charge is 2.15. The monoisotopic (exact) mass is 379 g/mol. The second-order valence-electron chi connectivity index (χ2n) is 6.35. The summed E-state index contributed by atoms with van der Waals surface area (Å²) in [4.78, 5) is 10.6. The summed E-state index contributed by atoms with van der Waals surface area (Å²) in [5.41, 5.74) is 2.46. The molecular formula is C22H21NO5. The predicted octanol–water partition coefficient (Wildman–Crippen LogP) is 5.59. The maximum absolute atomic E-state index is 11.0. The molecule has 0 atom stereocenters. The zero-order valence-electron chi connectivity index (χ0n) is 16.0. The summed E-state index contributed by atoms with van der Waals surface area (Å²) in [5, 5.41) is 11.0. The number of benzene rings is 3. The molecule has 0 heterocycles. The van der Waals surface area contributed by atoms with Crippen molar-refractivity contribution in [1.29, 1.82) is 0 Å². The summed E-state index contributed by atoms with van der Waals surface area (Å²) in [7, 11) is 1.58. The van der Waals surface area contributed by atoms with Gasteiger partial charge < -0.3 is 14.2 Å². The molecule has 144 valence electrons. The van der Waals surface area contributed by atoms with Crippen LogP contribution < -0.4 is 14.2 Å². The molecular weight excluding hydrogens is 358 g/mol. The number of nitro benzene ring substituents is 1. The van der Waals surface area contributed by atoms with E-state index in [-0.39, 0.29) is 5.69 Å². The summed E-state index contributed by atoms with van der Waals surface area (Å²) in [5.74, 6) is 2.30. The van der Waals surface area contributed by atoms with Crippen molar-refractivity contribution in [2.24, 2.45) is 0 Å². The summed E-state index contributed by atoms with van der Waals surface area (Å²) >= 11 is 0. The van der Waals surface area contributed by atoms with Gasteiger partial charge >= 0.3 is 0 Å². The Morgan fingerprint density at radius 3 is 2.21 bits per heavy atom. The first-order valence-corrected chi connectivity index (χ1v) is 8.76. The van der Waals surface area contributed by atoms with Gasteiger partial charge in [-0.2, -0.15) is 0 Å². The largest absolute Gasteiger partial charge is 0.493 e. The second-order valence-corrected chi connectivity index (χ2v) is 6.35. The van der Waals surface area contributed by atoms with Gasteiger partial charge in [0.25, 0.3) is 5.69 Å². The summed E-state index contributed by atoms with van der Waals surface area (Å²) in [6, 6.07) is 18.1. The Labute approximate surface area is 163 Å². The molecule has 3 aromatic carbocycles. The van der Waals surface area contributed by atoms with Crippen LogP contribution in [0, 0.1) is 24.0 Å². The first-order valence-electron chi connectivity index (χ1n) is 8.76. The topological polar surface area (TPSA) is 70.8 Å². The van der Waals surface area contributed by atoms with Crippen LogP contribution >= 0.6 is 0 Å². The average molecular weight is 379 g/mol. The zero-order chi connectivity index (χ0) is 20.1. The van der Waals surface area contributed by atoms with Gasteiger partial charge in [0.2, 0.25) is 0 Å². The lowest BCUT2D eigenvalue weighted by Crippen LogP contribution is -1.99. The van der Waals surface area contributed by atoms with Crippen LogP contribution in [-0.4, -0.2) is 12.0 Å². The summed E-state index contributed by atoms with van der Waals surface area (Å²) < 4.78 is 17.3. The van der Waals surface area contributed by atoms with Crippen molar-refractivity contribution in [1.82, 2.24) is 0 Å². The van der Waals surface area contributed by atoms with Gasteiger partial charge in [-0.15, -0.1) is 0 Å².